The Kier molecular flexibility index (Phi) is 4.04. The number of rotatable bonds is 3. The molecule has 0 spiro atoms. The Bertz CT molecular complexity index is 736. The van der Waals surface area contributed by atoms with Gasteiger partial charge in [-0.2, -0.15) is 0 Å². The van der Waals surface area contributed by atoms with Crippen molar-refractivity contribution < 1.29 is 19.2 Å². The lowest BCUT2D eigenvalue weighted by atomic mass is 10.1. The van der Waals surface area contributed by atoms with Gasteiger partial charge in [-0.1, -0.05) is 17.7 Å². The summed E-state index contributed by atoms with van der Waals surface area (Å²) in [6.45, 7) is 0. The summed E-state index contributed by atoms with van der Waals surface area (Å²) in [5.41, 5.74) is -0.719. The number of anilines is 1. The molecular formula is C13H8ClFN2O4. The Hall–Kier alpha value is -2.67. The molecule has 0 radical (unpaired) electrons. The number of nitrogens with zero attached hydrogens (tertiary/aromatic N) is 1. The molecule has 2 aromatic carbocycles. The minimum atomic E-state index is -0.793. The lowest BCUT2D eigenvalue weighted by Crippen LogP contribution is -2.13. The van der Waals surface area contributed by atoms with Gasteiger partial charge < -0.3 is 10.4 Å². The Balaban J connectivity index is 2.27. The minimum Gasteiger partial charge on any atom is -0.502 e. The van der Waals surface area contributed by atoms with Crippen LogP contribution in [0.4, 0.5) is 15.8 Å². The van der Waals surface area contributed by atoms with Crippen LogP contribution in [0.1, 0.15) is 10.4 Å². The second-order valence-electron chi connectivity index (χ2n) is 4.02. The van der Waals surface area contributed by atoms with Gasteiger partial charge in [-0.25, -0.2) is 4.39 Å². The van der Waals surface area contributed by atoms with Crippen LogP contribution in [-0.2, 0) is 0 Å². The number of phenols is 1. The number of hydrogen-bond acceptors (Lipinski definition) is 4. The molecule has 2 rings (SSSR count). The highest BCUT2D eigenvalue weighted by molar-refractivity contribution is 6.31. The Morgan fingerprint density at radius 2 is 2.05 bits per heavy atom. The molecule has 21 heavy (non-hydrogen) atoms. The fraction of sp³-hybridized carbons (Fsp3) is 0. The normalized spacial score (nSPS) is 10.2. The Morgan fingerprint density at radius 1 is 1.33 bits per heavy atom. The van der Waals surface area contributed by atoms with Crippen molar-refractivity contribution in [1.29, 1.82) is 0 Å². The predicted molar refractivity (Wildman–Crippen MR) is 74.1 cm³/mol. The third kappa shape index (κ3) is 3.09. The van der Waals surface area contributed by atoms with Crippen LogP contribution >= 0.6 is 11.6 Å². The highest BCUT2D eigenvalue weighted by Crippen LogP contribution is 2.27. The van der Waals surface area contributed by atoms with E-state index in [0.717, 1.165) is 18.2 Å². The highest BCUT2D eigenvalue weighted by Gasteiger charge is 2.17. The molecule has 0 unspecified atom stereocenters. The molecule has 0 saturated heterocycles. The van der Waals surface area contributed by atoms with Crippen LogP contribution in [0.3, 0.4) is 0 Å². The van der Waals surface area contributed by atoms with Crippen molar-refractivity contribution in [1.82, 2.24) is 0 Å². The first-order valence-corrected chi connectivity index (χ1v) is 6.00. The van der Waals surface area contributed by atoms with Gasteiger partial charge in [0.15, 0.2) is 11.6 Å². The average molecular weight is 311 g/mol. The molecule has 0 aromatic heterocycles. The fourth-order valence-corrected chi connectivity index (χ4v) is 1.79. The van der Waals surface area contributed by atoms with Gasteiger partial charge in [0.1, 0.15) is 0 Å². The van der Waals surface area contributed by atoms with Gasteiger partial charge in [-0.15, -0.1) is 0 Å². The first-order chi connectivity index (χ1) is 9.90. The van der Waals surface area contributed by atoms with Gasteiger partial charge in [0, 0.05) is 11.6 Å². The molecule has 0 atom stereocenters. The zero-order chi connectivity index (χ0) is 15.6. The number of hydrogen-bond donors (Lipinski definition) is 2. The van der Waals surface area contributed by atoms with Gasteiger partial charge in [-0.05, 0) is 24.3 Å². The lowest BCUT2D eigenvalue weighted by Gasteiger charge is -2.07. The van der Waals surface area contributed by atoms with E-state index in [4.69, 9.17) is 11.6 Å². The van der Waals surface area contributed by atoms with Crippen molar-refractivity contribution in [2.75, 3.05) is 5.32 Å². The van der Waals surface area contributed by atoms with Crippen LogP contribution in [0, 0.1) is 15.9 Å². The van der Waals surface area contributed by atoms with E-state index in [1.165, 1.54) is 18.2 Å². The predicted octanol–water partition coefficient (Wildman–Crippen LogP) is 3.35. The van der Waals surface area contributed by atoms with Crippen molar-refractivity contribution in [3.63, 3.8) is 0 Å². The third-order valence-corrected chi connectivity index (χ3v) is 2.93. The van der Waals surface area contributed by atoms with Crippen molar-refractivity contribution in [2.24, 2.45) is 0 Å². The summed E-state index contributed by atoms with van der Waals surface area (Å²) in [5, 5.41) is 22.1. The van der Waals surface area contributed by atoms with E-state index in [0.29, 0.717) is 0 Å². The van der Waals surface area contributed by atoms with E-state index in [1.807, 2.05) is 0 Å². The second-order valence-corrected chi connectivity index (χ2v) is 4.42. The van der Waals surface area contributed by atoms with Crippen molar-refractivity contribution in [3.8, 4) is 5.75 Å². The molecule has 0 aliphatic carbocycles. The molecule has 0 aliphatic rings. The van der Waals surface area contributed by atoms with Crippen LogP contribution < -0.4 is 5.32 Å². The van der Waals surface area contributed by atoms with Crippen molar-refractivity contribution >= 4 is 28.9 Å². The number of phenolic OH excluding ortho intramolecular Hbond substituents is 1. The molecule has 108 valence electrons. The summed E-state index contributed by atoms with van der Waals surface area (Å²) < 4.78 is 13.6. The smallest absolute Gasteiger partial charge is 0.310 e. The monoisotopic (exact) mass is 310 g/mol. The van der Waals surface area contributed by atoms with E-state index >= 15 is 0 Å². The largest absolute Gasteiger partial charge is 0.502 e. The number of carbonyl (C=O) groups is 1. The molecular weight excluding hydrogens is 303 g/mol. The van der Waals surface area contributed by atoms with Crippen molar-refractivity contribution in [3.05, 3.63) is 62.9 Å². The van der Waals surface area contributed by atoms with Crippen LogP contribution in [-0.4, -0.2) is 15.9 Å². The average Bonchev–Trinajstić information content (AvgIpc) is 2.43. The summed E-state index contributed by atoms with van der Waals surface area (Å²) >= 11 is 5.58. The molecule has 0 heterocycles. The molecule has 0 saturated carbocycles. The van der Waals surface area contributed by atoms with Gasteiger partial charge in [-0.3, -0.25) is 14.9 Å². The quantitative estimate of drug-likeness (QED) is 0.671. The maximum atomic E-state index is 13.6. The van der Waals surface area contributed by atoms with Gasteiger partial charge in [0.05, 0.1) is 15.6 Å². The van der Waals surface area contributed by atoms with E-state index in [2.05, 4.69) is 5.32 Å². The molecule has 1 amide bonds. The van der Waals surface area contributed by atoms with E-state index in [-0.39, 0.29) is 16.3 Å². The van der Waals surface area contributed by atoms with Crippen LogP contribution in [0.5, 0.6) is 5.75 Å². The lowest BCUT2D eigenvalue weighted by molar-refractivity contribution is -0.385. The maximum absolute atomic E-state index is 13.6. The Labute approximate surface area is 122 Å². The first kappa shape index (κ1) is 14.7. The molecule has 0 bridgehead atoms. The number of nitro benzene ring substituents is 1. The first-order valence-electron chi connectivity index (χ1n) is 5.63. The van der Waals surface area contributed by atoms with Gasteiger partial charge in [0.25, 0.3) is 5.91 Å². The van der Waals surface area contributed by atoms with E-state index in [1.54, 1.807) is 0 Å². The number of halogens is 2. The van der Waals surface area contributed by atoms with Gasteiger partial charge in [0.2, 0.25) is 0 Å². The summed E-state index contributed by atoms with van der Waals surface area (Å²) in [6.07, 6.45) is 0. The van der Waals surface area contributed by atoms with E-state index in [9.17, 15) is 24.4 Å². The molecule has 0 fully saturated rings. The number of nitro groups is 1. The second kappa shape index (κ2) is 5.76. The van der Waals surface area contributed by atoms with Crippen molar-refractivity contribution in [2.45, 2.75) is 0 Å². The summed E-state index contributed by atoms with van der Waals surface area (Å²) in [4.78, 5) is 21.7. The zero-order valence-electron chi connectivity index (χ0n) is 10.3. The molecule has 2 aromatic rings. The number of benzene rings is 2. The number of carbonyl (C=O) groups excluding carboxylic acids is 1. The zero-order valence-corrected chi connectivity index (χ0v) is 11.1. The maximum Gasteiger partial charge on any atom is 0.310 e. The highest BCUT2D eigenvalue weighted by atomic mass is 35.5. The molecule has 8 heteroatoms. The molecule has 0 aliphatic heterocycles. The van der Waals surface area contributed by atoms with Crippen LogP contribution in [0.25, 0.3) is 0 Å². The topological polar surface area (TPSA) is 92.5 Å². The summed E-state index contributed by atoms with van der Waals surface area (Å²) in [7, 11) is 0. The number of aromatic hydroxyl groups is 1. The van der Waals surface area contributed by atoms with E-state index < -0.39 is 28.1 Å². The van der Waals surface area contributed by atoms with Gasteiger partial charge >= 0.3 is 5.69 Å². The Morgan fingerprint density at radius 3 is 2.67 bits per heavy atom. The molecule has 2 N–H and O–H groups in total. The van der Waals surface area contributed by atoms with Crippen LogP contribution in [0.2, 0.25) is 5.02 Å². The minimum absolute atomic E-state index is 0.0579. The fourth-order valence-electron chi connectivity index (χ4n) is 1.61. The summed E-state index contributed by atoms with van der Waals surface area (Å²) in [5.74, 6) is -2.18. The number of amides is 1. The SMILES string of the molecule is O=C(Nc1cccc(Cl)c1F)c1ccc([N+](=O)[O-])c(O)c1. The number of nitrogens with one attached hydrogen (secondary N) is 1. The van der Waals surface area contributed by atoms with Crippen LogP contribution in [0.15, 0.2) is 36.4 Å². The standard InChI is InChI=1S/C13H8ClFN2O4/c14-8-2-1-3-9(12(8)15)16-13(19)7-4-5-10(17(20)21)11(18)6-7/h1-6,18H,(H,16,19). The summed E-state index contributed by atoms with van der Waals surface area (Å²) in [6, 6.07) is 7.15. The third-order valence-electron chi connectivity index (χ3n) is 2.63. The molecule has 6 nitrogen and oxygen atoms in total.